The molecule has 1 amide bonds. The van der Waals surface area contributed by atoms with E-state index in [-0.39, 0.29) is 16.4 Å². The summed E-state index contributed by atoms with van der Waals surface area (Å²) in [5, 5.41) is 2.52. The Morgan fingerprint density at radius 1 is 1.50 bits per heavy atom. The van der Waals surface area contributed by atoms with Gasteiger partial charge in [-0.1, -0.05) is 31.3 Å². The number of benzene rings is 1. The fourth-order valence-electron chi connectivity index (χ4n) is 1.48. The summed E-state index contributed by atoms with van der Waals surface area (Å²) in [6.45, 7) is 0.392. The number of nitrogens with one attached hydrogen (secondary N) is 1. The van der Waals surface area contributed by atoms with Crippen LogP contribution >= 0.6 is 12.2 Å². The molecule has 3 N–H and O–H groups in total. The summed E-state index contributed by atoms with van der Waals surface area (Å²) in [6, 6.07) is 5.93. The van der Waals surface area contributed by atoms with E-state index < -0.39 is 17.9 Å². The summed E-state index contributed by atoms with van der Waals surface area (Å²) in [7, 11) is 0. The van der Waals surface area contributed by atoms with E-state index in [0.717, 1.165) is 0 Å². The average molecular weight is 302 g/mol. The first-order chi connectivity index (χ1) is 9.31. The zero-order chi connectivity index (χ0) is 15.3. The number of nitrogens with two attached hydrogens (primary N) is 1. The van der Waals surface area contributed by atoms with Crippen LogP contribution in [0.4, 0.5) is 14.5 Å². The average Bonchev–Trinajstić information content (AvgIpc) is 2.39. The van der Waals surface area contributed by atoms with Crippen LogP contribution in [0, 0.1) is 5.41 Å². The van der Waals surface area contributed by atoms with E-state index in [9.17, 15) is 13.6 Å². The number of carbonyl (C=O) groups excluding carboxylic acids is 1. The van der Waals surface area contributed by atoms with Gasteiger partial charge in [-0.3, -0.25) is 4.79 Å². The minimum absolute atomic E-state index is 0.0461. The molecule has 0 aromatic heterocycles. The highest BCUT2D eigenvalue weighted by Crippen LogP contribution is 2.29. The molecule has 20 heavy (non-hydrogen) atoms. The SMILES string of the molecule is CCC(C)(C(=O)Nc1ccccc1OC(F)F)C(N)=S. The number of rotatable bonds is 6. The molecular formula is C13H16F2N2O2S. The zero-order valence-corrected chi connectivity index (χ0v) is 12.0. The lowest BCUT2D eigenvalue weighted by Gasteiger charge is -2.26. The lowest BCUT2D eigenvalue weighted by Crippen LogP contribution is -2.43. The van der Waals surface area contributed by atoms with Crippen molar-refractivity contribution in [3.63, 3.8) is 0 Å². The van der Waals surface area contributed by atoms with Gasteiger partial charge in [-0.25, -0.2) is 0 Å². The first-order valence-electron chi connectivity index (χ1n) is 5.96. The van der Waals surface area contributed by atoms with Crippen LogP contribution in [-0.2, 0) is 4.79 Å². The number of hydrogen-bond donors (Lipinski definition) is 2. The van der Waals surface area contributed by atoms with Crippen LogP contribution in [0.15, 0.2) is 24.3 Å². The predicted octanol–water partition coefficient (Wildman–Crippen LogP) is 2.93. The molecule has 0 heterocycles. The summed E-state index contributed by atoms with van der Waals surface area (Å²) >= 11 is 4.89. The first kappa shape index (κ1) is 16.3. The largest absolute Gasteiger partial charge is 0.433 e. The third-order valence-corrected chi connectivity index (χ3v) is 3.55. The van der Waals surface area contributed by atoms with E-state index in [4.69, 9.17) is 18.0 Å². The van der Waals surface area contributed by atoms with Crippen molar-refractivity contribution in [2.24, 2.45) is 11.1 Å². The molecule has 1 unspecified atom stereocenters. The number of amides is 1. The number of alkyl halides is 2. The van der Waals surface area contributed by atoms with Crippen LogP contribution in [0.5, 0.6) is 5.75 Å². The van der Waals surface area contributed by atoms with Crippen molar-refractivity contribution in [2.45, 2.75) is 26.9 Å². The molecule has 7 heteroatoms. The van der Waals surface area contributed by atoms with Gasteiger partial charge in [-0.2, -0.15) is 8.78 Å². The molecule has 0 aliphatic rings. The van der Waals surface area contributed by atoms with Crippen LogP contribution in [0.3, 0.4) is 0 Å². The molecule has 0 saturated heterocycles. The highest BCUT2D eigenvalue weighted by Gasteiger charge is 2.35. The molecule has 0 radical (unpaired) electrons. The Balaban J connectivity index is 2.99. The quantitative estimate of drug-likeness (QED) is 0.793. The van der Waals surface area contributed by atoms with E-state index in [1.165, 1.54) is 18.2 Å². The van der Waals surface area contributed by atoms with Crippen molar-refractivity contribution in [3.8, 4) is 5.75 Å². The van der Waals surface area contributed by atoms with Crippen LogP contribution in [-0.4, -0.2) is 17.5 Å². The van der Waals surface area contributed by atoms with Crippen molar-refractivity contribution < 1.29 is 18.3 Å². The van der Waals surface area contributed by atoms with Gasteiger partial charge in [-0.15, -0.1) is 0 Å². The molecule has 110 valence electrons. The van der Waals surface area contributed by atoms with Gasteiger partial charge >= 0.3 is 6.61 Å². The normalized spacial score (nSPS) is 13.7. The lowest BCUT2D eigenvalue weighted by atomic mass is 9.86. The molecule has 1 rings (SSSR count). The molecule has 0 aliphatic heterocycles. The maximum Gasteiger partial charge on any atom is 0.387 e. The summed E-state index contributed by atoms with van der Waals surface area (Å²) in [5.41, 5.74) is 4.67. The number of anilines is 1. The molecule has 0 saturated carbocycles. The number of carbonyl (C=O) groups is 1. The van der Waals surface area contributed by atoms with E-state index in [2.05, 4.69) is 10.1 Å². The third-order valence-electron chi connectivity index (χ3n) is 3.10. The number of ether oxygens (including phenoxy) is 1. The van der Waals surface area contributed by atoms with Gasteiger partial charge in [0.2, 0.25) is 5.91 Å². The van der Waals surface area contributed by atoms with Gasteiger partial charge in [0, 0.05) is 0 Å². The van der Waals surface area contributed by atoms with Gasteiger partial charge in [0.15, 0.2) is 0 Å². The monoisotopic (exact) mass is 302 g/mol. The van der Waals surface area contributed by atoms with E-state index in [1.807, 2.05) is 0 Å². The van der Waals surface area contributed by atoms with Crippen molar-refractivity contribution in [1.29, 1.82) is 0 Å². The number of thiocarbonyl (C=S) groups is 1. The summed E-state index contributed by atoms with van der Waals surface area (Å²) in [6.07, 6.45) is 0.395. The minimum atomic E-state index is -2.97. The van der Waals surface area contributed by atoms with Gasteiger partial charge in [0.25, 0.3) is 0 Å². The first-order valence-corrected chi connectivity index (χ1v) is 6.37. The standard InChI is InChI=1S/C13H16F2N2O2S/c1-3-13(2,10(16)20)11(18)17-8-6-4-5-7-9(8)19-12(14)15/h4-7,12H,3H2,1-2H3,(H2,16,20)(H,17,18). The molecule has 1 aromatic rings. The van der Waals surface area contributed by atoms with E-state index >= 15 is 0 Å². The fraction of sp³-hybridized carbons (Fsp3) is 0.385. The van der Waals surface area contributed by atoms with E-state index in [0.29, 0.717) is 6.42 Å². The van der Waals surface area contributed by atoms with Gasteiger partial charge in [-0.05, 0) is 25.5 Å². The van der Waals surface area contributed by atoms with Gasteiger partial charge in [0.1, 0.15) is 5.75 Å². The topological polar surface area (TPSA) is 64.3 Å². The second kappa shape index (κ2) is 6.60. The maximum absolute atomic E-state index is 12.3. The molecule has 1 aromatic carbocycles. The van der Waals surface area contributed by atoms with Crippen LogP contribution in [0.25, 0.3) is 0 Å². The molecule has 0 aliphatic carbocycles. The smallest absolute Gasteiger partial charge is 0.387 e. The second-order valence-corrected chi connectivity index (χ2v) is 4.82. The lowest BCUT2D eigenvalue weighted by molar-refractivity contribution is -0.121. The summed E-state index contributed by atoms with van der Waals surface area (Å²) < 4.78 is 28.9. The Bertz CT molecular complexity index is 511. The molecule has 0 fully saturated rings. The summed E-state index contributed by atoms with van der Waals surface area (Å²) in [5.74, 6) is -0.574. The Labute approximate surface area is 121 Å². The Hall–Kier alpha value is -1.76. The number of halogens is 2. The number of para-hydroxylation sites is 2. The fourth-order valence-corrected chi connectivity index (χ4v) is 1.71. The molecule has 1 atom stereocenters. The highest BCUT2D eigenvalue weighted by atomic mass is 32.1. The van der Waals surface area contributed by atoms with Crippen molar-refractivity contribution in [3.05, 3.63) is 24.3 Å². The summed E-state index contributed by atoms with van der Waals surface area (Å²) in [4.78, 5) is 12.3. The highest BCUT2D eigenvalue weighted by molar-refractivity contribution is 7.80. The Kier molecular flexibility index (Phi) is 5.38. The Morgan fingerprint density at radius 2 is 2.10 bits per heavy atom. The van der Waals surface area contributed by atoms with Gasteiger partial charge in [0.05, 0.1) is 16.1 Å². The van der Waals surface area contributed by atoms with Gasteiger partial charge < -0.3 is 15.8 Å². The van der Waals surface area contributed by atoms with Crippen molar-refractivity contribution in [1.82, 2.24) is 0 Å². The van der Waals surface area contributed by atoms with Crippen LogP contribution in [0.1, 0.15) is 20.3 Å². The molecular weight excluding hydrogens is 286 g/mol. The predicted molar refractivity (Wildman–Crippen MR) is 76.9 cm³/mol. The maximum atomic E-state index is 12.3. The molecule has 0 bridgehead atoms. The minimum Gasteiger partial charge on any atom is -0.433 e. The second-order valence-electron chi connectivity index (χ2n) is 4.38. The van der Waals surface area contributed by atoms with Crippen molar-refractivity contribution in [2.75, 3.05) is 5.32 Å². The van der Waals surface area contributed by atoms with E-state index in [1.54, 1.807) is 19.9 Å². The molecule has 0 spiro atoms. The molecule has 4 nitrogen and oxygen atoms in total. The number of hydrogen-bond acceptors (Lipinski definition) is 3. The van der Waals surface area contributed by atoms with Crippen molar-refractivity contribution >= 4 is 28.8 Å². The zero-order valence-electron chi connectivity index (χ0n) is 11.2. The third kappa shape index (κ3) is 3.63. The Morgan fingerprint density at radius 3 is 2.60 bits per heavy atom. The van der Waals surface area contributed by atoms with Crippen LogP contribution in [0.2, 0.25) is 0 Å². The van der Waals surface area contributed by atoms with Crippen LogP contribution < -0.4 is 15.8 Å².